The lowest BCUT2D eigenvalue weighted by Crippen LogP contribution is -2.54. The van der Waals surface area contributed by atoms with Crippen LogP contribution in [0.4, 0.5) is 17.3 Å². The van der Waals surface area contributed by atoms with Gasteiger partial charge in [-0.15, -0.1) is 0 Å². The van der Waals surface area contributed by atoms with E-state index in [-0.39, 0.29) is 22.9 Å². The molecular weight excluding hydrogens is 440 g/mol. The highest BCUT2D eigenvalue weighted by atomic mass is 16.1. The molecule has 8 heteroatoms. The summed E-state index contributed by atoms with van der Waals surface area (Å²) in [4.78, 5) is 37.4. The molecule has 35 heavy (non-hydrogen) atoms. The number of fused-ring (bicyclic) bond motifs is 1. The fourth-order valence-corrected chi connectivity index (χ4v) is 5.73. The van der Waals surface area contributed by atoms with Gasteiger partial charge in [0.25, 0.3) is 5.56 Å². The number of piperazine rings is 1. The van der Waals surface area contributed by atoms with E-state index in [1.165, 1.54) is 12.6 Å². The van der Waals surface area contributed by atoms with Gasteiger partial charge < -0.3 is 15.5 Å². The van der Waals surface area contributed by atoms with E-state index >= 15 is 0 Å². The van der Waals surface area contributed by atoms with Crippen LogP contribution in [0, 0.1) is 6.92 Å². The minimum Gasteiger partial charge on any atom is -0.368 e. The van der Waals surface area contributed by atoms with Crippen LogP contribution in [-0.2, 0) is 0 Å². The number of pyridine rings is 1. The van der Waals surface area contributed by atoms with Gasteiger partial charge in [0.1, 0.15) is 5.65 Å². The van der Waals surface area contributed by atoms with Crippen molar-refractivity contribution < 1.29 is 4.79 Å². The average Bonchev–Trinajstić information content (AvgIpc) is 3.33. The number of carbonyl (C=O) groups excluding carboxylic acids is 1. The number of hydrogen-bond acceptors (Lipinski definition) is 7. The van der Waals surface area contributed by atoms with E-state index in [0.29, 0.717) is 29.2 Å². The molecule has 2 aliphatic rings. The smallest absolute Gasteiger partial charge is 0.263 e. The Hall–Kier alpha value is -3.26. The van der Waals surface area contributed by atoms with Gasteiger partial charge >= 0.3 is 0 Å². The van der Waals surface area contributed by atoms with Crippen LogP contribution in [0.25, 0.3) is 11.0 Å². The number of benzene rings is 1. The molecule has 0 bridgehead atoms. The highest BCUT2D eigenvalue weighted by Crippen LogP contribution is 2.32. The van der Waals surface area contributed by atoms with Gasteiger partial charge in [0.15, 0.2) is 5.78 Å². The van der Waals surface area contributed by atoms with Gasteiger partial charge in [-0.2, -0.15) is 4.98 Å². The van der Waals surface area contributed by atoms with Crippen molar-refractivity contribution in [1.82, 2.24) is 19.9 Å². The molecule has 0 radical (unpaired) electrons. The first kappa shape index (κ1) is 23.5. The maximum absolute atomic E-state index is 13.4. The second-order valence-corrected chi connectivity index (χ2v) is 10.1. The van der Waals surface area contributed by atoms with Crippen LogP contribution in [0.2, 0.25) is 0 Å². The minimum atomic E-state index is -0.233. The molecule has 8 nitrogen and oxygen atoms in total. The van der Waals surface area contributed by atoms with Crippen molar-refractivity contribution in [2.75, 3.05) is 23.3 Å². The zero-order valence-electron chi connectivity index (χ0n) is 21.0. The molecule has 0 amide bonds. The van der Waals surface area contributed by atoms with Gasteiger partial charge in [-0.3, -0.25) is 14.2 Å². The van der Waals surface area contributed by atoms with Crippen LogP contribution in [-0.4, -0.2) is 45.5 Å². The summed E-state index contributed by atoms with van der Waals surface area (Å²) in [5.74, 6) is 0.229. The summed E-state index contributed by atoms with van der Waals surface area (Å²) in [5.41, 5.74) is 3.35. The van der Waals surface area contributed by atoms with Crippen LogP contribution in [0.5, 0.6) is 0 Å². The molecule has 1 aromatic carbocycles. The number of aryl methyl sites for hydroxylation is 1. The summed E-state index contributed by atoms with van der Waals surface area (Å²) in [7, 11) is 0. The standard InChI is InChI=1S/C27H34N6O2/c1-16-14-32(15-17(2)29-16)21-11-9-20(10-12-21)30-27-28-13-23-18(3)24(19(4)34)26(35)33(25(23)31-27)22-7-5-6-8-22/h9-13,16-17,22,29H,5-8,14-15H2,1-4H3,(H,28,30,31). The monoisotopic (exact) mass is 474 g/mol. The third-order valence-electron chi connectivity index (χ3n) is 7.30. The van der Waals surface area contributed by atoms with Crippen LogP contribution in [0.15, 0.2) is 35.3 Å². The Bertz CT molecular complexity index is 1300. The highest BCUT2D eigenvalue weighted by molar-refractivity contribution is 5.99. The second kappa shape index (κ2) is 9.41. The summed E-state index contributed by atoms with van der Waals surface area (Å²) >= 11 is 0. The van der Waals surface area contributed by atoms with Crippen molar-refractivity contribution in [1.29, 1.82) is 0 Å². The number of hydrogen-bond donors (Lipinski definition) is 2. The maximum atomic E-state index is 13.4. The third-order valence-corrected chi connectivity index (χ3v) is 7.30. The molecule has 1 saturated heterocycles. The van der Waals surface area contributed by atoms with Crippen molar-refractivity contribution in [2.24, 2.45) is 0 Å². The Morgan fingerprint density at radius 2 is 1.74 bits per heavy atom. The fraction of sp³-hybridized carbons (Fsp3) is 0.481. The van der Waals surface area contributed by atoms with E-state index in [2.05, 4.69) is 46.5 Å². The van der Waals surface area contributed by atoms with Crippen LogP contribution >= 0.6 is 0 Å². The molecule has 2 atom stereocenters. The first-order valence-electron chi connectivity index (χ1n) is 12.6. The fourth-order valence-electron chi connectivity index (χ4n) is 5.73. The largest absolute Gasteiger partial charge is 0.368 e. The highest BCUT2D eigenvalue weighted by Gasteiger charge is 2.26. The molecule has 2 aromatic heterocycles. The Morgan fingerprint density at radius 1 is 1.09 bits per heavy atom. The number of rotatable bonds is 5. The van der Waals surface area contributed by atoms with E-state index in [1.54, 1.807) is 10.8 Å². The van der Waals surface area contributed by atoms with Crippen LogP contribution < -0.4 is 21.1 Å². The lowest BCUT2D eigenvalue weighted by molar-refractivity contribution is 0.101. The van der Waals surface area contributed by atoms with Gasteiger partial charge in [0, 0.05) is 54.2 Å². The van der Waals surface area contributed by atoms with Crippen molar-refractivity contribution >= 4 is 34.1 Å². The predicted molar refractivity (Wildman–Crippen MR) is 140 cm³/mol. The summed E-state index contributed by atoms with van der Waals surface area (Å²) in [6.45, 7) is 9.64. The summed E-state index contributed by atoms with van der Waals surface area (Å²) in [6, 6.07) is 9.27. The summed E-state index contributed by atoms with van der Waals surface area (Å²) < 4.78 is 1.74. The zero-order chi connectivity index (χ0) is 24.7. The van der Waals surface area contributed by atoms with Gasteiger partial charge in [0.2, 0.25) is 5.95 Å². The number of carbonyl (C=O) groups is 1. The molecule has 2 N–H and O–H groups in total. The summed E-state index contributed by atoms with van der Waals surface area (Å²) in [6.07, 6.45) is 5.74. The number of anilines is 3. The lowest BCUT2D eigenvalue weighted by atomic mass is 10.0. The first-order valence-corrected chi connectivity index (χ1v) is 12.6. The zero-order valence-corrected chi connectivity index (χ0v) is 21.0. The molecule has 2 unspecified atom stereocenters. The quantitative estimate of drug-likeness (QED) is 0.531. The Morgan fingerprint density at radius 3 is 2.37 bits per heavy atom. The Balaban J connectivity index is 1.48. The number of nitrogens with one attached hydrogen (secondary N) is 2. The lowest BCUT2D eigenvalue weighted by Gasteiger charge is -2.37. The van der Waals surface area contributed by atoms with E-state index in [4.69, 9.17) is 4.98 Å². The number of ketones is 1. The van der Waals surface area contributed by atoms with Crippen LogP contribution in [0.1, 0.15) is 68.4 Å². The van der Waals surface area contributed by atoms with Gasteiger partial charge in [-0.1, -0.05) is 12.8 Å². The molecule has 2 fully saturated rings. The normalized spacial score (nSPS) is 21.0. The number of aromatic nitrogens is 3. The van der Waals surface area contributed by atoms with Gasteiger partial charge in [-0.05, 0) is 70.4 Å². The average molecular weight is 475 g/mol. The second-order valence-electron chi connectivity index (χ2n) is 10.1. The SMILES string of the molecule is CC(=O)c1c(C)c2cnc(Nc3ccc(N4CC(C)NC(C)C4)cc3)nc2n(C2CCCC2)c1=O. The van der Waals surface area contributed by atoms with Gasteiger partial charge in [0.05, 0.1) is 5.56 Å². The van der Waals surface area contributed by atoms with E-state index in [0.717, 1.165) is 49.8 Å². The van der Waals surface area contributed by atoms with Gasteiger partial charge in [-0.25, -0.2) is 4.98 Å². The molecular formula is C27H34N6O2. The third kappa shape index (κ3) is 4.55. The number of nitrogens with zero attached hydrogens (tertiary/aromatic N) is 4. The van der Waals surface area contributed by atoms with Crippen molar-refractivity contribution in [3.05, 3.63) is 51.9 Å². The molecule has 5 rings (SSSR count). The Labute approximate surface area is 205 Å². The predicted octanol–water partition coefficient (Wildman–Crippen LogP) is 4.35. The molecule has 0 spiro atoms. The number of Topliss-reactive ketones (excluding diaryl/α,β-unsaturated/α-hetero) is 1. The van der Waals surface area contributed by atoms with Crippen molar-refractivity contribution in [2.45, 2.75) is 71.5 Å². The topological polar surface area (TPSA) is 92.2 Å². The van der Waals surface area contributed by atoms with E-state index in [9.17, 15) is 9.59 Å². The molecule has 3 aromatic rings. The first-order chi connectivity index (χ1) is 16.8. The molecule has 1 saturated carbocycles. The van der Waals surface area contributed by atoms with Crippen LogP contribution in [0.3, 0.4) is 0 Å². The molecule has 3 heterocycles. The molecule has 184 valence electrons. The summed E-state index contributed by atoms with van der Waals surface area (Å²) in [5, 5.41) is 7.62. The van der Waals surface area contributed by atoms with Crippen molar-refractivity contribution in [3.8, 4) is 0 Å². The van der Waals surface area contributed by atoms with E-state index < -0.39 is 0 Å². The molecule has 1 aliphatic carbocycles. The molecule has 1 aliphatic heterocycles. The van der Waals surface area contributed by atoms with Crippen molar-refractivity contribution in [3.63, 3.8) is 0 Å². The Kier molecular flexibility index (Phi) is 6.32. The minimum absolute atomic E-state index is 0.0644. The maximum Gasteiger partial charge on any atom is 0.263 e. The van der Waals surface area contributed by atoms with E-state index in [1.807, 2.05) is 19.1 Å².